The molecular formula is C28H31FN4. The molecule has 1 aliphatic rings. The molecule has 1 aliphatic heterocycles. The molecular weight excluding hydrogens is 411 g/mol. The van der Waals surface area contributed by atoms with Gasteiger partial charge in [0.1, 0.15) is 11.5 Å². The van der Waals surface area contributed by atoms with E-state index in [1.807, 2.05) is 12.3 Å². The van der Waals surface area contributed by atoms with Crippen molar-refractivity contribution in [2.75, 3.05) is 18.0 Å². The zero-order valence-corrected chi connectivity index (χ0v) is 19.6. The summed E-state index contributed by atoms with van der Waals surface area (Å²) in [6.07, 6.45) is 4.08. The van der Waals surface area contributed by atoms with Crippen LogP contribution in [0.25, 0.3) is 11.0 Å². The molecule has 0 N–H and O–H groups in total. The summed E-state index contributed by atoms with van der Waals surface area (Å²) in [7, 11) is 0. The fourth-order valence-electron chi connectivity index (χ4n) is 5.08. The first kappa shape index (κ1) is 21.7. The van der Waals surface area contributed by atoms with Crippen molar-refractivity contribution in [2.45, 2.75) is 45.9 Å². The quantitative estimate of drug-likeness (QED) is 0.400. The van der Waals surface area contributed by atoms with Crippen LogP contribution in [0.3, 0.4) is 0 Å². The lowest BCUT2D eigenvalue weighted by atomic mass is 10.0. The van der Waals surface area contributed by atoms with Crippen molar-refractivity contribution in [1.82, 2.24) is 14.5 Å². The Hall–Kier alpha value is -3.18. The van der Waals surface area contributed by atoms with Gasteiger partial charge < -0.3 is 9.47 Å². The lowest BCUT2D eigenvalue weighted by molar-refractivity contribution is 0.123. The van der Waals surface area contributed by atoms with Crippen LogP contribution in [0.2, 0.25) is 0 Å². The van der Waals surface area contributed by atoms with Crippen LogP contribution in [0.15, 0.2) is 73.1 Å². The number of rotatable bonds is 5. The molecule has 4 nitrogen and oxygen atoms in total. The average Bonchev–Trinajstić information content (AvgIpc) is 3.20. The molecule has 1 saturated heterocycles. The van der Waals surface area contributed by atoms with Crippen LogP contribution < -0.4 is 4.90 Å². The topological polar surface area (TPSA) is 24.3 Å². The van der Waals surface area contributed by atoms with Crippen molar-refractivity contribution in [3.8, 4) is 0 Å². The summed E-state index contributed by atoms with van der Waals surface area (Å²) in [5.74, 6) is -0.166. The first-order chi connectivity index (χ1) is 16.0. The summed E-state index contributed by atoms with van der Waals surface area (Å²) in [4.78, 5) is 9.68. The third-order valence-corrected chi connectivity index (χ3v) is 6.81. The number of aryl methyl sites for hydroxylation is 1. The monoisotopic (exact) mass is 442 g/mol. The number of benzene rings is 2. The molecule has 2 atom stereocenters. The van der Waals surface area contributed by atoms with E-state index in [2.05, 4.69) is 77.7 Å². The minimum atomic E-state index is -0.166. The summed E-state index contributed by atoms with van der Waals surface area (Å²) in [6, 6.07) is 20.7. The molecule has 2 unspecified atom stereocenters. The maximum Gasteiger partial charge on any atom is 0.142 e. The number of anilines is 1. The number of piperazine rings is 1. The zero-order chi connectivity index (χ0) is 22.9. The molecule has 0 aliphatic carbocycles. The van der Waals surface area contributed by atoms with Crippen LogP contribution in [0, 0.1) is 12.7 Å². The Morgan fingerprint density at radius 1 is 0.909 bits per heavy atom. The highest BCUT2D eigenvalue weighted by Crippen LogP contribution is 2.30. The van der Waals surface area contributed by atoms with Crippen LogP contribution in [-0.2, 0) is 13.1 Å². The number of aromatic nitrogens is 2. The van der Waals surface area contributed by atoms with E-state index < -0.39 is 0 Å². The predicted molar refractivity (Wildman–Crippen MR) is 133 cm³/mol. The van der Waals surface area contributed by atoms with E-state index in [0.29, 0.717) is 12.1 Å². The number of hydrogen-bond donors (Lipinski definition) is 0. The lowest BCUT2D eigenvalue weighted by Gasteiger charge is -2.45. The molecule has 0 spiro atoms. The maximum absolute atomic E-state index is 13.7. The number of halogens is 1. The second kappa shape index (κ2) is 8.99. The standard InChI is InChI=1S/C28H31FN4/c1-20-7-9-23(10-8-20)18-31-14-12-26-27(11-13-30-28(26)31)32-16-21(2)33(22(3)17-32)19-24-5-4-6-25(29)15-24/h4-15,21-22H,16-19H2,1-3H3. The molecule has 4 aromatic rings. The molecule has 2 aromatic heterocycles. The van der Waals surface area contributed by atoms with Gasteiger partial charge in [0.2, 0.25) is 0 Å². The molecule has 0 bridgehead atoms. The third kappa shape index (κ3) is 4.51. The Bertz CT molecular complexity index is 1230. The molecule has 2 aromatic carbocycles. The fraction of sp³-hybridized carbons (Fsp3) is 0.321. The smallest absolute Gasteiger partial charge is 0.142 e. The summed E-state index contributed by atoms with van der Waals surface area (Å²) < 4.78 is 15.9. The van der Waals surface area contributed by atoms with Crippen molar-refractivity contribution >= 4 is 16.7 Å². The summed E-state index contributed by atoms with van der Waals surface area (Å²) >= 11 is 0. The van der Waals surface area contributed by atoms with Crippen molar-refractivity contribution in [3.63, 3.8) is 0 Å². The summed E-state index contributed by atoms with van der Waals surface area (Å²) in [6.45, 7) is 10.1. The van der Waals surface area contributed by atoms with Gasteiger partial charge in [0.05, 0.1) is 0 Å². The SMILES string of the molecule is Cc1ccc(Cn2ccc3c(N4CC(C)N(Cc5cccc(F)c5)C(C)C4)ccnc32)cc1. The highest BCUT2D eigenvalue weighted by molar-refractivity contribution is 5.90. The molecule has 3 heterocycles. The number of pyridine rings is 1. The Balaban J connectivity index is 1.36. The first-order valence-corrected chi connectivity index (χ1v) is 11.7. The number of fused-ring (bicyclic) bond motifs is 1. The molecule has 0 amide bonds. The Labute approximate surface area is 195 Å². The summed E-state index contributed by atoms with van der Waals surface area (Å²) in [5, 5.41) is 1.20. The van der Waals surface area contributed by atoms with Gasteiger partial charge in [-0.25, -0.2) is 9.37 Å². The van der Waals surface area contributed by atoms with Crippen molar-refractivity contribution in [2.24, 2.45) is 0 Å². The third-order valence-electron chi connectivity index (χ3n) is 6.81. The first-order valence-electron chi connectivity index (χ1n) is 11.7. The minimum absolute atomic E-state index is 0.166. The lowest BCUT2D eigenvalue weighted by Crippen LogP contribution is -2.56. The predicted octanol–water partition coefficient (Wildman–Crippen LogP) is 5.63. The van der Waals surface area contributed by atoms with Crippen LogP contribution in [-0.4, -0.2) is 39.6 Å². The second-order valence-corrected chi connectivity index (χ2v) is 9.40. The second-order valence-electron chi connectivity index (χ2n) is 9.40. The zero-order valence-electron chi connectivity index (χ0n) is 19.6. The molecule has 5 rings (SSSR count). The summed E-state index contributed by atoms with van der Waals surface area (Å²) in [5.41, 5.74) is 5.85. The van der Waals surface area contributed by atoms with E-state index >= 15 is 0 Å². The van der Waals surface area contributed by atoms with E-state index in [1.165, 1.54) is 28.3 Å². The molecule has 170 valence electrons. The molecule has 0 saturated carbocycles. The van der Waals surface area contributed by atoms with Crippen LogP contribution in [0.1, 0.15) is 30.5 Å². The fourth-order valence-corrected chi connectivity index (χ4v) is 5.08. The largest absolute Gasteiger partial charge is 0.368 e. The molecule has 5 heteroatoms. The molecule has 1 fully saturated rings. The Morgan fingerprint density at radius 2 is 1.67 bits per heavy atom. The minimum Gasteiger partial charge on any atom is -0.368 e. The van der Waals surface area contributed by atoms with Crippen molar-refractivity contribution in [3.05, 3.63) is 95.6 Å². The van der Waals surface area contributed by atoms with Gasteiger partial charge in [-0.05, 0) is 56.2 Å². The van der Waals surface area contributed by atoms with Crippen LogP contribution in [0.4, 0.5) is 10.1 Å². The van der Waals surface area contributed by atoms with E-state index in [4.69, 9.17) is 4.98 Å². The van der Waals surface area contributed by atoms with Gasteiger partial charge in [-0.3, -0.25) is 4.90 Å². The van der Waals surface area contributed by atoms with Crippen molar-refractivity contribution in [1.29, 1.82) is 0 Å². The van der Waals surface area contributed by atoms with E-state index in [-0.39, 0.29) is 5.82 Å². The maximum atomic E-state index is 13.7. The van der Waals surface area contributed by atoms with Gasteiger partial charge in [-0.1, -0.05) is 42.0 Å². The Kier molecular flexibility index (Phi) is 5.90. The van der Waals surface area contributed by atoms with Gasteiger partial charge in [-0.15, -0.1) is 0 Å². The van der Waals surface area contributed by atoms with Crippen molar-refractivity contribution < 1.29 is 4.39 Å². The van der Waals surface area contributed by atoms with Crippen LogP contribution in [0.5, 0.6) is 0 Å². The van der Waals surface area contributed by atoms with E-state index in [1.54, 1.807) is 12.1 Å². The highest BCUT2D eigenvalue weighted by Gasteiger charge is 2.30. The number of nitrogens with zero attached hydrogens (tertiary/aromatic N) is 4. The van der Waals surface area contributed by atoms with Gasteiger partial charge in [0.25, 0.3) is 0 Å². The number of hydrogen-bond acceptors (Lipinski definition) is 3. The van der Waals surface area contributed by atoms with Gasteiger partial charge in [0, 0.05) is 61.7 Å². The van der Waals surface area contributed by atoms with Gasteiger partial charge in [-0.2, -0.15) is 0 Å². The molecule has 0 radical (unpaired) electrons. The van der Waals surface area contributed by atoms with Gasteiger partial charge >= 0.3 is 0 Å². The molecule has 33 heavy (non-hydrogen) atoms. The van der Waals surface area contributed by atoms with E-state index in [9.17, 15) is 4.39 Å². The highest BCUT2D eigenvalue weighted by atomic mass is 19.1. The van der Waals surface area contributed by atoms with E-state index in [0.717, 1.165) is 37.4 Å². The Morgan fingerprint density at radius 3 is 2.39 bits per heavy atom. The van der Waals surface area contributed by atoms with Gasteiger partial charge in [0.15, 0.2) is 0 Å². The van der Waals surface area contributed by atoms with Crippen LogP contribution >= 0.6 is 0 Å². The normalized spacial score (nSPS) is 19.3. The average molecular weight is 443 g/mol.